The number of aryl methyl sites for hydroxylation is 2. The van der Waals surface area contributed by atoms with E-state index < -0.39 is 0 Å². The SMILES string of the molecule is COc1ccc(Cn2ncc3cc(C)c(C)nc32)cc1. The van der Waals surface area contributed by atoms with Crippen LogP contribution in [0.2, 0.25) is 0 Å². The van der Waals surface area contributed by atoms with Crippen LogP contribution in [0.25, 0.3) is 11.0 Å². The van der Waals surface area contributed by atoms with Gasteiger partial charge in [-0.05, 0) is 43.2 Å². The molecule has 0 N–H and O–H groups in total. The third kappa shape index (κ3) is 2.25. The molecule has 2 aromatic heterocycles. The molecule has 2 heterocycles. The van der Waals surface area contributed by atoms with Crippen molar-refractivity contribution in [2.24, 2.45) is 0 Å². The molecule has 0 spiro atoms. The predicted octanol–water partition coefficient (Wildman–Crippen LogP) is 3.11. The van der Waals surface area contributed by atoms with Gasteiger partial charge in [0, 0.05) is 11.1 Å². The van der Waals surface area contributed by atoms with Gasteiger partial charge in [0.05, 0.1) is 19.9 Å². The Balaban J connectivity index is 1.95. The van der Waals surface area contributed by atoms with Crippen LogP contribution in [-0.4, -0.2) is 21.9 Å². The van der Waals surface area contributed by atoms with Gasteiger partial charge in [-0.1, -0.05) is 12.1 Å². The Morgan fingerprint density at radius 3 is 2.60 bits per heavy atom. The highest BCUT2D eigenvalue weighted by molar-refractivity contribution is 5.75. The topological polar surface area (TPSA) is 39.9 Å². The lowest BCUT2D eigenvalue weighted by atomic mass is 10.2. The Kier molecular flexibility index (Phi) is 3.14. The third-order valence-electron chi connectivity index (χ3n) is 3.55. The first-order valence-electron chi connectivity index (χ1n) is 6.60. The van der Waals surface area contributed by atoms with Gasteiger partial charge >= 0.3 is 0 Å². The molecule has 0 unspecified atom stereocenters. The predicted molar refractivity (Wildman–Crippen MR) is 79.1 cm³/mol. The minimum Gasteiger partial charge on any atom is -0.497 e. The van der Waals surface area contributed by atoms with Crippen LogP contribution in [0, 0.1) is 13.8 Å². The first kappa shape index (κ1) is 12.7. The zero-order valence-electron chi connectivity index (χ0n) is 11.9. The average molecular weight is 267 g/mol. The first-order chi connectivity index (χ1) is 9.67. The number of hydrogen-bond acceptors (Lipinski definition) is 3. The molecule has 3 aromatic rings. The summed E-state index contributed by atoms with van der Waals surface area (Å²) >= 11 is 0. The van der Waals surface area contributed by atoms with Crippen molar-refractivity contribution >= 4 is 11.0 Å². The second-order valence-corrected chi connectivity index (χ2v) is 4.95. The highest BCUT2D eigenvalue weighted by Crippen LogP contribution is 2.18. The van der Waals surface area contributed by atoms with E-state index in [-0.39, 0.29) is 0 Å². The second kappa shape index (κ2) is 4.96. The lowest BCUT2D eigenvalue weighted by Crippen LogP contribution is -2.03. The molecule has 4 heteroatoms. The van der Waals surface area contributed by atoms with E-state index in [4.69, 9.17) is 4.74 Å². The molecule has 0 aliphatic rings. The normalized spacial score (nSPS) is 10.9. The quantitative estimate of drug-likeness (QED) is 0.732. The van der Waals surface area contributed by atoms with E-state index in [9.17, 15) is 0 Å². The van der Waals surface area contributed by atoms with E-state index in [1.807, 2.05) is 42.1 Å². The fourth-order valence-electron chi connectivity index (χ4n) is 2.22. The van der Waals surface area contributed by atoms with Crippen LogP contribution in [0.5, 0.6) is 5.75 Å². The lowest BCUT2D eigenvalue weighted by Gasteiger charge is -2.06. The monoisotopic (exact) mass is 267 g/mol. The van der Waals surface area contributed by atoms with E-state index >= 15 is 0 Å². The van der Waals surface area contributed by atoms with Gasteiger partial charge in [0.15, 0.2) is 5.65 Å². The van der Waals surface area contributed by atoms with Crippen molar-refractivity contribution in [2.75, 3.05) is 7.11 Å². The first-order valence-corrected chi connectivity index (χ1v) is 6.60. The van der Waals surface area contributed by atoms with E-state index in [0.29, 0.717) is 6.54 Å². The second-order valence-electron chi connectivity index (χ2n) is 4.95. The number of ether oxygens (including phenoxy) is 1. The number of pyridine rings is 1. The summed E-state index contributed by atoms with van der Waals surface area (Å²) in [4.78, 5) is 4.64. The van der Waals surface area contributed by atoms with Crippen molar-refractivity contribution in [3.05, 3.63) is 53.3 Å². The summed E-state index contributed by atoms with van der Waals surface area (Å²) in [7, 11) is 1.67. The molecule has 0 bridgehead atoms. The summed E-state index contributed by atoms with van der Waals surface area (Å²) in [6.45, 7) is 4.81. The molecule has 0 fully saturated rings. The summed E-state index contributed by atoms with van der Waals surface area (Å²) < 4.78 is 7.10. The molecule has 0 aliphatic heterocycles. The maximum Gasteiger partial charge on any atom is 0.158 e. The van der Waals surface area contributed by atoms with Crippen LogP contribution in [0.4, 0.5) is 0 Å². The van der Waals surface area contributed by atoms with Crippen LogP contribution < -0.4 is 4.74 Å². The Morgan fingerprint density at radius 1 is 1.15 bits per heavy atom. The Morgan fingerprint density at radius 2 is 1.90 bits per heavy atom. The van der Waals surface area contributed by atoms with Gasteiger partial charge < -0.3 is 4.74 Å². The summed E-state index contributed by atoms with van der Waals surface area (Å²) in [5.74, 6) is 0.865. The van der Waals surface area contributed by atoms with Crippen molar-refractivity contribution in [1.29, 1.82) is 0 Å². The molecule has 0 aliphatic carbocycles. The number of rotatable bonds is 3. The molecule has 102 valence electrons. The molecule has 0 saturated carbocycles. The van der Waals surface area contributed by atoms with Gasteiger partial charge in [-0.3, -0.25) is 0 Å². The van der Waals surface area contributed by atoms with Crippen molar-refractivity contribution in [3.63, 3.8) is 0 Å². The average Bonchev–Trinajstić information content (AvgIpc) is 2.83. The van der Waals surface area contributed by atoms with Gasteiger partial charge in [-0.2, -0.15) is 5.10 Å². The molecule has 0 amide bonds. The number of nitrogens with zero attached hydrogens (tertiary/aromatic N) is 3. The van der Waals surface area contributed by atoms with Gasteiger partial charge in [0.1, 0.15) is 5.75 Å². The van der Waals surface area contributed by atoms with Crippen molar-refractivity contribution in [1.82, 2.24) is 14.8 Å². The highest BCUT2D eigenvalue weighted by Gasteiger charge is 2.07. The standard InChI is InChI=1S/C16H17N3O/c1-11-8-14-9-17-19(16(14)18-12(11)2)10-13-4-6-15(20-3)7-5-13/h4-9H,10H2,1-3H3. The molecule has 0 atom stereocenters. The smallest absolute Gasteiger partial charge is 0.158 e. The summed E-state index contributed by atoms with van der Waals surface area (Å²) in [5, 5.41) is 5.52. The van der Waals surface area contributed by atoms with Crippen molar-refractivity contribution in [3.8, 4) is 5.75 Å². The zero-order chi connectivity index (χ0) is 14.1. The maximum atomic E-state index is 5.17. The van der Waals surface area contributed by atoms with E-state index in [1.54, 1.807) is 7.11 Å². The Labute approximate surface area is 118 Å². The highest BCUT2D eigenvalue weighted by atomic mass is 16.5. The number of hydrogen-bond donors (Lipinski definition) is 0. The van der Waals surface area contributed by atoms with Crippen molar-refractivity contribution in [2.45, 2.75) is 20.4 Å². The van der Waals surface area contributed by atoms with Gasteiger partial charge in [0.2, 0.25) is 0 Å². The van der Waals surface area contributed by atoms with E-state index in [0.717, 1.165) is 22.5 Å². The molecule has 20 heavy (non-hydrogen) atoms. The Hall–Kier alpha value is -2.36. The fraction of sp³-hybridized carbons (Fsp3) is 0.250. The van der Waals surface area contributed by atoms with Gasteiger partial charge in [-0.15, -0.1) is 0 Å². The van der Waals surface area contributed by atoms with Crippen LogP contribution in [0.1, 0.15) is 16.8 Å². The Bertz CT molecular complexity index is 744. The number of aromatic nitrogens is 3. The van der Waals surface area contributed by atoms with Crippen LogP contribution in [-0.2, 0) is 6.54 Å². The summed E-state index contributed by atoms with van der Waals surface area (Å²) in [6, 6.07) is 10.2. The molecule has 1 aromatic carbocycles. The molecule has 0 radical (unpaired) electrons. The summed E-state index contributed by atoms with van der Waals surface area (Å²) in [5.41, 5.74) is 4.36. The minimum absolute atomic E-state index is 0.711. The van der Waals surface area contributed by atoms with Crippen LogP contribution in [0.15, 0.2) is 36.5 Å². The van der Waals surface area contributed by atoms with E-state index in [1.165, 1.54) is 11.1 Å². The molecular formula is C16H17N3O. The minimum atomic E-state index is 0.711. The fourth-order valence-corrected chi connectivity index (χ4v) is 2.22. The summed E-state index contributed by atoms with van der Waals surface area (Å²) in [6.07, 6.45) is 1.87. The molecule has 0 saturated heterocycles. The molecule has 4 nitrogen and oxygen atoms in total. The molecule has 3 rings (SSSR count). The van der Waals surface area contributed by atoms with Crippen molar-refractivity contribution < 1.29 is 4.74 Å². The lowest BCUT2D eigenvalue weighted by molar-refractivity contribution is 0.414. The van der Waals surface area contributed by atoms with Gasteiger partial charge in [0.25, 0.3) is 0 Å². The van der Waals surface area contributed by atoms with Gasteiger partial charge in [-0.25, -0.2) is 9.67 Å². The zero-order valence-corrected chi connectivity index (χ0v) is 11.9. The number of benzene rings is 1. The van der Waals surface area contributed by atoms with Crippen LogP contribution >= 0.6 is 0 Å². The third-order valence-corrected chi connectivity index (χ3v) is 3.55. The largest absolute Gasteiger partial charge is 0.497 e. The molecular weight excluding hydrogens is 250 g/mol. The van der Waals surface area contributed by atoms with Crippen LogP contribution in [0.3, 0.4) is 0 Å². The number of fused-ring (bicyclic) bond motifs is 1. The maximum absolute atomic E-state index is 5.17. The number of methoxy groups -OCH3 is 1. The van der Waals surface area contributed by atoms with E-state index in [2.05, 4.69) is 23.1 Å².